The summed E-state index contributed by atoms with van der Waals surface area (Å²) in [6.45, 7) is 6.60. The molecule has 0 radical (unpaired) electrons. The Balaban J connectivity index is 1.84. The minimum atomic E-state index is -1.57. The zero-order valence-electron chi connectivity index (χ0n) is 17.0. The van der Waals surface area contributed by atoms with Gasteiger partial charge in [0.2, 0.25) is 0 Å². The monoisotopic (exact) mass is 453 g/mol. The average Bonchev–Trinajstić information content (AvgIpc) is 2.95. The highest BCUT2D eigenvalue weighted by Gasteiger charge is 2.29. The van der Waals surface area contributed by atoms with Crippen LogP contribution in [0.2, 0.25) is 5.02 Å². The van der Waals surface area contributed by atoms with Gasteiger partial charge in [0.15, 0.2) is 17.5 Å². The Bertz CT molecular complexity index is 985. The Labute approximate surface area is 183 Å². The van der Waals surface area contributed by atoms with Crippen LogP contribution in [-0.2, 0) is 0 Å². The van der Waals surface area contributed by atoms with Gasteiger partial charge in [-0.25, -0.2) is 13.2 Å². The quantitative estimate of drug-likeness (QED) is 0.451. The van der Waals surface area contributed by atoms with E-state index in [4.69, 9.17) is 11.6 Å². The van der Waals surface area contributed by atoms with E-state index in [-0.39, 0.29) is 5.69 Å². The minimum absolute atomic E-state index is 0.160. The molecule has 2 aromatic carbocycles. The van der Waals surface area contributed by atoms with Gasteiger partial charge in [-0.15, -0.1) is 0 Å². The van der Waals surface area contributed by atoms with E-state index in [0.717, 1.165) is 36.3 Å². The van der Waals surface area contributed by atoms with Crippen molar-refractivity contribution in [1.82, 2.24) is 0 Å². The van der Waals surface area contributed by atoms with E-state index >= 15 is 0 Å². The number of hydrogen-bond acceptors (Lipinski definition) is 2. The number of hydrogen-bond donors (Lipinski definition) is 1. The molecule has 1 aliphatic carbocycles. The summed E-state index contributed by atoms with van der Waals surface area (Å²) in [6.07, 6.45) is 3.17. The molecule has 0 heterocycles. The zero-order valence-corrected chi connectivity index (χ0v) is 18.6. The van der Waals surface area contributed by atoms with Crippen LogP contribution < -0.4 is 5.32 Å². The van der Waals surface area contributed by atoms with Crippen molar-refractivity contribution < 1.29 is 18.0 Å². The van der Waals surface area contributed by atoms with Crippen LogP contribution in [0.15, 0.2) is 45.7 Å². The van der Waals surface area contributed by atoms with Crippen molar-refractivity contribution in [2.75, 3.05) is 5.32 Å². The van der Waals surface area contributed by atoms with E-state index in [1.165, 1.54) is 10.5 Å². The van der Waals surface area contributed by atoms with Gasteiger partial charge in [0.25, 0.3) is 5.91 Å². The molecule has 1 N–H and O–H groups in total. The Hall–Kier alpha value is -1.92. The predicted octanol–water partition coefficient (Wildman–Crippen LogP) is 7.83. The van der Waals surface area contributed by atoms with Crippen LogP contribution in [0.3, 0.4) is 0 Å². The lowest BCUT2D eigenvalue weighted by atomic mass is 9.99. The van der Waals surface area contributed by atoms with E-state index < -0.39 is 23.4 Å². The molecule has 0 spiro atoms. The van der Waals surface area contributed by atoms with Crippen LogP contribution in [-0.4, -0.2) is 5.91 Å². The van der Waals surface area contributed by atoms with Crippen molar-refractivity contribution in [3.63, 3.8) is 0 Å². The second kappa shape index (κ2) is 9.48. The minimum Gasteiger partial charge on any atom is -0.322 e. The number of carbonyl (C=O) groups is 1. The lowest BCUT2D eigenvalue weighted by Gasteiger charge is -2.15. The van der Waals surface area contributed by atoms with Crippen LogP contribution in [0, 0.1) is 29.3 Å². The Morgan fingerprint density at radius 2 is 1.83 bits per heavy atom. The molecule has 0 fully saturated rings. The van der Waals surface area contributed by atoms with Crippen molar-refractivity contribution in [3.05, 3.63) is 68.8 Å². The maximum Gasteiger partial charge on any atom is 0.255 e. The summed E-state index contributed by atoms with van der Waals surface area (Å²) in [7, 11) is 0. The molecule has 0 aliphatic heterocycles. The summed E-state index contributed by atoms with van der Waals surface area (Å²) in [5.74, 6) is -3.89. The van der Waals surface area contributed by atoms with Gasteiger partial charge in [0.05, 0.1) is 5.02 Å². The maximum atomic E-state index is 13.4. The first-order valence-corrected chi connectivity index (χ1v) is 11.1. The lowest BCUT2D eigenvalue weighted by Crippen LogP contribution is -2.13. The fourth-order valence-electron chi connectivity index (χ4n) is 3.61. The molecule has 3 rings (SSSR count). The first-order valence-electron chi connectivity index (χ1n) is 9.86. The van der Waals surface area contributed by atoms with E-state index in [1.807, 2.05) is 0 Å². The Morgan fingerprint density at radius 3 is 2.47 bits per heavy atom. The van der Waals surface area contributed by atoms with Crippen molar-refractivity contribution >= 4 is 35.0 Å². The first-order chi connectivity index (χ1) is 14.2. The molecule has 2 nitrogen and oxygen atoms in total. The van der Waals surface area contributed by atoms with Crippen LogP contribution in [0.25, 0.3) is 0 Å². The van der Waals surface area contributed by atoms with Gasteiger partial charge in [0, 0.05) is 28.3 Å². The second-order valence-electron chi connectivity index (χ2n) is 7.64. The lowest BCUT2D eigenvalue weighted by molar-refractivity contribution is 0.102. The number of rotatable bonds is 6. The molecule has 160 valence electrons. The van der Waals surface area contributed by atoms with Gasteiger partial charge < -0.3 is 5.32 Å². The number of halogens is 4. The molecular formula is C23H23ClF3NOS. The number of thioether (sulfide) groups is 1. The van der Waals surface area contributed by atoms with Crippen LogP contribution >= 0.6 is 23.4 Å². The highest BCUT2D eigenvalue weighted by molar-refractivity contribution is 8.03. The smallest absolute Gasteiger partial charge is 0.255 e. The Kier molecular flexibility index (Phi) is 7.19. The van der Waals surface area contributed by atoms with Crippen LogP contribution in [0.1, 0.15) is 50.4 Å². The average molecular weight is 454 g/mol. The Morgan fingerprint density at radius 1 is 1.17 bits per heavy atom. The fourth-order valence-corrected chi connectivity index (χ4v) is 5.18. The van der Waals surface area contributed by atoms with Gasteiger partial charge in [-0.3, -0.25) is 4.79 Å². The number of benzene rings is 2. The topological polar surface area (TPSA) is 29.1 Å². The summed E-state index contributed by atoms with van der Waals surface area (Å²) in [6, 6.07) is 6.33. The van der Waals surface area contributed by atoms with E-state index in [9.17, 15) is 18.0 Å². The molecule has 0 saturated heterocycles. The number of allylic oxidation sites excluding steroid dienone is 2. The van der Waals surface area contributed by atoms with Gasteiger partial charge in [-0.1, -0.05) is 56.1 Å². The summed E-state index contributed by atoms with van der Waals surface area (Å²) in [5, 5.41) is 2.94. The third-order valence-electron chi connectivity index (χ3n) is 5.39. The normalized spacial score (nSPS) is 18.8. The zero-order chi connectivity index (χ0) is 22.0. The van der Waals surface area contributed by atoms with E-state index in [1.54, 1.807) is 30.0 Å². The molecule has 0 saturated carbocycles. The highest BCUT2D eigenvalue weighted by Crippen LogP contribution is 2.48. The summed E-state index contributed by atoms with van der Waals surface area (Å²) in [5.41, 5.74) is 1.57. The fraction of sp³-hybridized carbons (Fsp3) is 0.348. The van der Waals surface area contributed by atoms with Gasteiger partial charge in [-0.05, 0) is 47.8 Å². The number of nitrogens with one attached hydrogen (secondary N) is 1. The van der Waals surface area contributed by atoms with Gasteiger partial charge >= 0.3 is 0 Å². The van der Waals surface area contributed by atoms with E-state index in [0.29, 0.717) is 22.4 Å². The van der Waals surface area contributed by atoms with Crippen LogP contribution in [0.4, 0.5) is 18.9 Å². The van der Waals surface area contributed by atoms with Gasteiger partial charge in [-0.2, -0.15) is 0 Å². The van der Waals surface area contributed by atoms with Crippen molar-refractivity contribution in [1.29, 1.82) is 0 Å². The van der Waals surface area contributed by atoms with Crippen molar-refractivity contribution in [3.8, 4) is 0 Å². The predicted molar refractivity (Wildman–Crippen MR) is 116 cm³/mol. The number of amides is 1. The SMILES string of the molecule is CCCC1=C(Sc2cc(C(=O)Nc3cc(F)c(F)c(F)c3)ccc2Cl)C(C)[C@@H](C)C1. The molecule has 0 aromatic heterocycles. The molecule has 1 amide bonds. The largest absolute Gasteiger partial charge is 0.322 e. The molecule has 2 aromatic rings. The third-order valence-corrected chi connectivity index (χ3v) is 7.27. The standard InChI is InChI=1S/C23H23ClF3NOS/c1-4-5-14-8-12(2)13(3)22(14)30-20-9-15(6-7-17(20)24)23(29)28-16-10-18(25)21(27)19(26)11-16/h6-7,9-13H,4-5,8H2,1-3H3,(H,28,29)/t12-,13?/m0/s1. The molecule has 30 heavy (non-hydrogen) atoms. The molecule has 1 unspecified atom stereocenters. The molecular weight excluding hydrogens is 431 g/mol. The molecule has 2 atom stereocenters. The number of carbonyl (C=O) groups excluding carboxylic acids is 1. The molecule has 7 heteroatoms. The van der Waals surface area contributed by atoms with E-state index in [2.05, 4.69) is 26.1 Å². The third kappa shape index (κ3) is 4.86. The summed E-state index contributed by atoms with van der Waals surface area (Å²) in [4.78, 5) is 14.6. The molecule has 0 bridgehead atoms. The van der Waals surface area contributed by atoms with Gasteiger partial charge in [0.1, 0.15) is 0 Å². The first kappa shape index (κ1) is 22.8. The van der Waals surface area contributed by atoms with Crippen LogP contribution in [0.5, 0.6) is 0 Å². The second-order valence-corrected chi connectivity index (χ2v) is 9.13. The maximum absolute atomic E-state index is 13.4. The van der Waals surface area contributed by atoms with Crippen molar-refractivity contribution in [2.24, 2.45) is 11.8 Å². The number of anilines is 1. The highest BCUT2D eigenvalue weighted by atomic mass is 35.5. The molecule has 1 aliphatic rings. The van der Waals surface area contributed by atoms with Crippen molar-refractivity contribution in [2.45, 2.75) is 44.9 Å². The summed E-state index contributed by atoms with van der Waals surface area (Å²) >= 11 is 7.97. The summed E-state index contributed by atoms with van der Waals surface area (Å²) < 4.78 is 39.9.